The van der Waals surface area contributed by atoms with E-state index in [1.807, 2.05) is 24.3 Å². The highest BCUT2D eigenvalue weighted by Crippen LogP contribution is 2.33. The van der Waals surface area contributed by atoms with Crippen molar-refractivity contribution in [2.75, 3.05) is 0 Å². The molecule has 0 amide bonds. The van der Waals surface area contributed by atoms with Crippen LogP contribution in [0, 0.1) is 6.92 Å². The van der Waals surface area contributed by atoms with Crippen molar-refractivity contribution in [1.82, 2.24) is 9.55 Å². The molecule has 0 aliphatic rings. The molecule has 2 aromatic heterocycles. The Kier molecular flexibility index (Phi) is 6.26. The molecule has 2 nitrogen and oxygen atoms in total. The fourth-order valence-electron chi connectivity index (χ4n) is 4.02. The minimum absolute atomic E-state index is 0.740. The van der Waals surface area contributed by atoms with Crippen LogP contribution in [0.25, 0.3) is 22.2 Å². The first-order valence-corrected chi connectivity index (χ1v) is 13.0. The first-order chi connectivity index (χ1) is 15.5. The Balaban J connectivity index is 1.52. The summed E-state index contributed by atoms with van der Waals surface area (Å²) in [7, 11) is 0. The maximum Gasteiger partial charge on any atom is 0.0977 e. The van der Waals surface area contributed by atoms with Gasteiger partial charge in [0, 0.05) is 54.5 Å². The average molecular weight is 587 g/mol. The molecular formula is C26H19Br2ClN2S. The van der Waals surface area contributed by atoms with Crippen LogP contribution >= 0.6 is 54.8 Å². The maximum absolute atomic E-state index is 6.04. The molecule has 0 unspecified atom stereocenters. The summed E-state index contributed by atoms with van der Waals surface area (Å²) in [6.07, 6.45) is 0.810. The molecule has 0 fully saturated rings. The van der Waals surface area contributed by atoms with E-state index in [0.29, 0.717) is 0 Å². The van der Waals surface area contributed by atoms with E-state index in [0.717, 1.165) is 43.2 Å². The van der Waals surface area contributed by atoms with E-state index in [-0.39, 0.29) is 0 Å². The van der Waals surface area contributed by atoms with Gasteiger partial charge in [-0.25, -0.2) is 4.98 Å². The molecule has 5 rings (SSSR count). The third-order valence-electron chi connectivity index (χ3n) is 5.69. The number of hydrogen-bond acceptors (Lipinski definition) is 2. The van der Waals surface area contributed by atoms with Crippen LogP contribution in [-0.4, -0.2) is 9.55 Å². The summed E-state index contributed by atoms with van der Waals surface area (Å²) in [4.78, 5) is 4.93. The maximum atomic E-state index is 6.04. The molecule has 0 spiro atoms. The number of hydrogen-bond donors (Lipinski definition) is 0. The third kappa shape index (κ3) is 4.44. The highest BCUT2D eigenvalue weighted by molar-refractivity contribution is 9.10. The number of benzene rings is 3. The molecule has 0 radical (unpaired) electrons. The normalized spacial score (nSPS) is 11.4. The standard InChI is InChI=1S/C26H19Br2ClN2S/c1-16-22(13-26-30-24(15-32-26)18-4-9-21(29)10-5-18)23-12-20(28)8-11-25(23)31(16)14-17-2-6-19(27)7-3-17/h2-12,15H,13-14H2,1H3. The van der Waals surface area contributed by atoms with E-state index in [1.54, 1.807) is 11.3 Å². The van der Waals surface area contributed by atoms with Crippen LogP contribution in [0.3, 0.4) is 0 Å². The molecule has 0 aliphatic heterocycles. The minimum Gasteiger partial charge on any atom is -0.340 e. The number of rotatable bonds is 5. The van der Waals surface area contributed by atoms with E-state index in [9.17, 15) is 0 Å². The molecule has 0 saturated carbocycles. The Morgan fingerprint density at radius 2 is 1.66 bits per heavy atom. The zero-order chi connectivity index (χ0) is 22.2. The van der Waals surface area contributed by atoms with Gasteiger partial charge in [0.2, 0.25) is 0 Å². The van der Waals surface area contributed by atoms with Gasteiger partial charge in [-0.05, 0) is 60.5 Å². The van der Waals surface area contributed by atoms with E-state index >= 15 is 0 Å². The average Bonchev–Trinajstić information content (AvgIpc) is 3.35. The van der Waals surface area contributed by atoms with Crippen molar-refractivity contribution in [3.63, 3.8) is 0 Å². The molecule has 160 valence electrons. The van der Waals surface area contributed by atoms with Gasteiger partial charge >= 0.3 is 0 Å². The van der Waals surface area contributed by atoms with E-state index in [1.165, 1.54) is 27.7 Å². The van der Waals surface area contributed by atoms with Crippen molar-refractivity contribution >= 4 is 65.7 Å². The van der Waals surface area contributed by atoms with Gasteiger partial charge in [-0.2, -0.15) is 0 Å². The van der Waals surface area contributed by atoms with Crippen molar-refractivity contribution in [3.8, 4) is 11.3 Å². The lowest BCUT2D eigenvalue weighted by Crippen LogP contribution is -2.02. The topological polar surface area (TPSA) is 17.8 Å². The van der Waals surface area contributed by atoms with Gasteiger partial charge < -0.3 is 4.57 Å². The molecule has 2 heterocycles. The second-order valence-electron chi connectivity index (χ2n) is 7.75. The summed E-state index contributed by atoms with van der Waals surface area (Å²) in [5.41, 5.74) is 7.23. The van der Waals surface area contributed by atoms with Gasteiger partial charge in [-0.3, -0.25) is 0 Å². The molecule has 0 bridgehead atoms. The largest absolute Gasteiger partial charge is 0.340 e. The lowest BCUT2D eigenvalue weighted by atomic mass is 10.1. The molecule has 3 aromatic carbocycles. The first-order valence-electron chi connectivity index (χ1n) is 10.2. The van der Waals surface area contributed by atoms with E-state index < -0.39 is 0 Å². The van der Waals surface area contributed by atoms with Gasteiger partial charge in [-0.1, -0.05) is 67.7 Å². The SMILES string of the molecule is Cc1c(Cc2nc(-c3ccc(Cl)cc3)cs2)c2cc(Br)ccc2n1Cc1ccc(Br)cc1. The van der Waals surface area contributed by atoms with Crippen LogP contribution in [0.1, 0.15) is 21.8 Å². The van der Waals surface area contributed by atoms with Crippen molar-refractivity contribution in [2.45, 2.75) is 19.9 Å². The fraction of sp³-hybridized carbons (Fsp3) is 0.115. The van der Waals surface area contributed by atoms with Gasteiger partial charge in [0.05, 0.1) is 10.7 Å². The van der Waals surface area contributed by atoms with Crippen LogP contribution in [0.5, 0.6) is 0 Å². The number of fused-ring (bicyclic) bond motifs is 1. The summed E-state index contributed by atoms with van der Waals surface area (Å²) >= 11 is 14.9. The summed E-state index contributed by atoms with van der Waals surface area (Å²) in [6, 6.07) is 23.0. The highest BCUT2D eigenvalue weighted by atomic mass is 79.9. The second-order valence-corrected chi connectivity index (χ2v) is 11.0. The third-order valence-corrected chi connectivity index (χ3v) is 7.81. The van der Waals surface area contributed by atoms with Crippen LogP contribution in [0.15, 0.2) is 81.1 Å². The summed E-state index contributed by atoms with van der Waals surface area (Å²) in [5, 5.41) is 5.26. The Hall–Kier alpha value is -1.92. The fourth-order valence-corrected chi connectivity index (χ4v) is 5.59. The second kappa shape index (κ2) is 9.14. The number of thiazole rings is 1. The molecule has 0 aliphatic carbocycles. The summed E-state index contributed by atoms with van der Waals surface area (Å²) < 4.78 is 4.60. The number of halogens is 3. The molecule has 0 N–H and O–H groups in total. The molecule has 32 heavy (non-hydrogen) atoms. The van der Waals surface area contributed by atoms with Crippen LogP contribution in [0.4, 0.5) is 0 Å². The van der Waals surface area contributed by atoms with Crippen molar-refractivity contribution in [3.05, 3.63) is 108 Å². The van der Waals surface area contributed by atoms with Crippen LogP contribution in [0.2, 0.25) is 5.02 Å². The molecule has 0 saturated heterocycles. The van der Waals surface area contributed by atoms with E-state index in [2.05, 4.69) is 91.2 Å². The molecule has 6 heteroatoms. The van der Waals surface area contributed by atoms with Gasteiger partial charge in [0.1, 0.15) is 0 Å². The Bertz CT molecular complexity index is 1400. The smallest absolute Gasteiger partial charge is 0.0977 e. The highest BCUT2D eigenvalue weighted by Gasteiger charge is 2.17. The Morgan fingerprint density at radius 3 is 2.41 bits per heavy atom. The van der Waals surface area contributed by atoms with Crippen molar-refractivity contribution in [2.24, 2.45) is 0 Å². The van der Waals surface area contributed by atoms with E-state index in [4.69, 9.17) is 16.6 Å². The summed E-state index contributed by atoms with van der Waals surface area (Å²) in [5.74, 6) is 0. The monoisotopic (exact) mass is 584 g/mol. The lowest BCUT2D eigenvalue weighted by molar-refractivity contribution is 0.797. The first kappa shape index (κ1) is 21.9. The van der Waals surface area contributed by atoms with Gasteiger partial charge in [0.25, 0.3) is 0 Å². The predicted octanol–water partition coefficient (Wildman–Crippen LogP) is 8.89. The summed E-state index contributed by atoms with van der Waals surface area (Å²) in [6.45, 7) is 3.06. The van der Waals surface area contributed by atoms with Crippen LogP contribution < -0.4 is 0 Å². The van der Waals surface area contributed by atoms with Gasteiger partial charge in [-0.15, -0.1) is 11.3 Å². The number of aromatic nitrogens is 2. The minimum atomic E-state index is 0.740. The molecule has 0 atom stereocenters. The Labute approximate surface area is 213 Å². The lowest BCUT2D eigenvalue weighted by Gasteiger charge is -2.09. The Morgan fingerprint density at radius 1 is 0.938 bits per heavy atom. The molecule has 5 aromatic rings. The van der Waals surface area contributed by atoms with Crippen molar-refractivity contribution in [1.29, 1.82) is 0 Å². The zero-order valence-electron chi connectivity index (χ0n) is 17.3. The quantitative estimate of drug-likeness (QED) is 0.201. The van der Waals surface area contributed by atoms with Gasteiger partial charge in [0.15, 0.2) is 0 Å². The predicted molar refractivity (Wildman–Crippen MR) is 143 cm³/mol. The van der Waals surface area contributed by atoms with Crippen LogP contribution in [-0.2, 0) is 13.0 Å². The molecular weight excluding hydrogens is 568 g/mol. The number of nitrogens with zero attached hydrogens (tertiary/aromatic N) is 2. The zero-order valence-corrected chi connectivity index (χ0v) is 22.0. The van der Waals surface area contributed by atoms with Crippen molar-refractivity contribution < 1.29 is 0 Å².